The molecule has 1 aromatic rings. The first-order chi connectivity index (χ1) is 14.9. The molecule has 3 N–H and O–H groups in total. The molecule has 170 valence electrons. The fraction of sp³-hybridized carbons (Fsp3) is 0.435. The SMILES string of the molecule is C=CC(=O)NCCCCOc1cc(O)c(C(=O)CC)c(OCCCCNC(=O)C=C)c1. The Morgan fingerprint density at radius 2 is 1.48 bits per heavy atom. The van der Waals surface area contributed by atoms with Gasteiger partial charge < -0.3 is 25.2 Å². The summed E-state index contributed by atoms with van der Waals surface area (Å²) >= 11 is 0. The van der Waals surface area contributed by atoms with Crippen molar-refractivity contribution in [2.45, 2.75) is 39.0 Å². The Morgan fingerprint density at radius 1 is 0.935 bits per heavy atom. The van der Waals surface area contributed by atoms with Crippen molar-refractivity contribution in [1.29, 1.82) is 0 Å². The van der Waals surface area contributed by atoms with Gasteiger partial charge in [0.05, 0.1) is 13.2 Å². The van der Waals surface area contributed by atoms with Crippen molar-refractivity contribution in [3.05, 3.63) is 43.0 Å². The Hall–Kier alpha value is -3.29. The topological polar surface area (TPSA) is 114 Å². The van der Waals surface area contributed by atoms with Gasteiger partial charge in [0.2, 0.25) is 11.8 Å². The van der Waals surface area contributed by atoms with Crippen LogP contribution >= 0.6 is 0 Å². The summed E-state index contributed by atoms with van der Waals surface area (Å²) in [5, 5.41) is 15.7. The van der Waals surface area contributed by atoms with Gasteiger partial charge in [0.25, 0.3) is 0 Å². The van der Waals surface area contributed by atoms with Crippen molar-refractivity contribution < 1.29 is 29.0 Å². The summed E-state index contributed by atoms with van der Waals surface area (Å²) in [6.07, 6.45) is 5.43. The second-order valence-corrected chi connectivity index (χ2v) is 6.69. The fourth-order valence-electron chi connectivity index (χ4n) is 2.62. The van der Waals surface area contributed by atoms with Crippen LogP contribution in [0.5, 0.6) is 17.2 Å². The maximum absolute atomic E-state index is 12.2. The van der Waals surface area contributed by atoms with E-state index in [4.69, 9.17) is 9.47 Å². The lowest BCUT2D eigenvalue weighted by molar-refractivity contribution is -0.117. The Kier molecular flexibility index (Phi) is 12.2. The molecule has 0 spiro atoms. The molecule has 8 heteroatoms. The van der Waals surface area contributed by atoms with Gasteiger partial charge in [0, 0.05) is 31.6 Å². The van der Waals surface area contributed by atoms with E-state index in [9.17, 15) is 19.5 Å². The quantitative estimate of drug-likeness (QED) is 0.210. The zero-order chi connectivity index (χ0) is 23.1. The number of benzene rings is 1. The molecule has 8 nitrogen and oxygen atoms in total. The molecule has 0 atom stereocenters. The van der Waals surface area contributed by atoms with E-state index in [1.807, 2.05) is 0 Å². The van der Waals surface area contributed by atoms with Crippen LogP contribution in [0.3, 0.4) is 0 Å². The Labute approximate surface area is 183 Å². The fourth-order valence-corrected chi connectivity index (χ4v) is 2.62. The number of ether oxygens (including phenoxy) is 2. The molecule has 0 radical (unpaired) electrons. The van der Waals surface area contributed by atoms with Crippen LogP contribution in [0.4, 0.5) is 0 Å². The molecule has 0 fully saturated rings. The van der Waals surface area contributed by atoms with Crippen molar-refractivity contribution in [3.63, 3.8) is 0 Å². The van der Waals surface area contributed by atoms with Crippen LogP contribution in [-0.4, -0.2) is 49.0 Å². The molecule has 1 aromatic carbocycles. The highest BCUT2D eigenvalue weighted by atomic mass is 16.5. The van der Waals surface area contributed by atoms with Gasteiger partial charge in [0.1, 0.15) is 22.8 Å². The molecular weight excluding hydrogens is 400 g/mol. The summed E-state index contributed by atoms with van der Waals surface area (Å²) in [7, 11) is 0. The first kappa shape index (κ1) is 25.7. The number of aromatic hydroxyl groups is 1. The van der Waals surface area contributed by atoms with Gasteiger partial charge in [0.15, 0.2) is 5.78 Å². The third kappa shape index (κ3) is 9.84. The number of amides is 2. The smallest absolute Gasteiger partial charge is 0.243 e. The van der Waals surface area contributed by atoms with Crippen LogP contribution in [0.25, 0.3) is 0 Å². The number of carbonyl (C=O) groups excluding carboxylic acids is 3. The Morgan fingerprint density at radius 3 is 2.00 bits per heavy atom. The minimum absolute atomic E-state index is 0.141. The molecule has 31 heavy (non-hydrogen) atoms. The highest BCUT2D eigenvalue weighted by Crippen LogP contribution is 2.34. The predicted octanol–water partition coefficient (Wildman–Crippen LogP) is 2.91. The van der Waals surface area contributed by atoms with Crippen LogP contribution < -0.4 is 20.1 Å². The molecule has 0 saturated heterocycles. The van der Waals surface area contributed by atoms with Crippen molar-refractivity contribution in [1.82, 2.24) is 10.6 Å². The van der Waals surface area contributed by atoms with Gasteiger partial charge in [-0.05, 0) is 37.8 Å². The highest BCUT2D eigenvalue weighted by Gasteiger charge is 2.18. The van der Waals surface area contributed by atoms with E-state index in [0.717, 1.165) is 6.42 Å². The van der Waals surface area contributed by atoms with E-state index in [2.05, 4.69) is 23.8 Å². The molecule has 0 aliphatic heterocycles. The third-order valence-corrected chi connectivity index (χ3v) is 4.29. The molecule has 0 aliphatic rings. The van der Waals surface area contributed by atoms with Crippen molar-refractivity contribution in [2.75, 3.05) is 26.3 Å². The second kappa shape index (κ2) is 14.7. The standard InChI is InChI=1S/C23H32N2O6/c1-4-18(26)23-19(27)15-17(30-13-9-7-11-24-21(28)5-2)16-20(23)31-14-10-8-12-25-22(29)6-3/h5-6,15-16,27H,2-4,7-14H2,1H3,(H,24,28)(H,25,29). The van der Waals surface area contributed by atoms with E-state index in [0.29, 0.717) is 51.3 Å². The molecule has 0 unspecified atom stereocenters. The van der Waals surface area contributed by atoms with E-state index in [-0.39, 0.29) is 41.1 Å². The van der Waals surface area contributed by atoms with Crippen molar-refractivity contribution in [2.24, 2.45) is 0 Å². The first-order valence-corrected chi connectivity index (χ1v) is 10.4. The zero-order valence-electron chi connectivity index (χ0n) is 18.1. The molecular formula is C23H32N2O6. The average Bonchev–Trinajstić information content (AvgIpc) is 2.77. The number of hydrogen-bond donors (Lipinski definition) is 3. The molecule has 1 rings (SSSR count). The zero-order valence-corrected chi connectivity index (χ0v) is 18.1. The lowest BCUT2D eigenvalue weighted by Gasteiger charge is -2.15. The molecule has 0 heterocycles. The molecule has 0 bridgehead atoms. The van der Waals surface area contributed by atoms with Crippen molar-refractivity contribution >= 4 is 17.6 Å². The van der Waals surface area contributed by atoms with E-state index >= 15 is 0 Å². The summed E-state index contributed by atoms with van der Waals surface area (Å²) in [6.45, 7) is 10.2. The number of Topliss-reactive ketones (excluding diaryl/α,β-unsaturated/α-hetero) is 1. The number of carbonyl (C=O) groups is 3. The molecule has 0 aliphatic carbocycles. The normalized spacial score (nSPS) is 10.1. The summed E-state index contributed by atoms with van der Waals surface area (Å²) < 4.78 is 11.4. The van der Waals surface area contributed by atoms with E-state index in [1.54, 1.807) is 13.0 Å². The monoisotopic (exact) mass is 432 g/mol. The predicted molar refractivity (Wildman–Crippen MR) is 119 cm³/mol. The van der Waals surface area contributed by atoms with Crippen LogP contribution in [0.1, 0.15) is 49.4 Å². The van der Waals surface area contributed by atoms with Crippen LogP contribution in [0, 0.1) is 0 Å². The number of phenols is 1. The van der Waals surface area contributed by atoms with Crippen LogP contribution in [0.15, 0.2) is 37.4 Å². The Balaban J connectivity index is 2.61. The maximum Gasteiger partial charge on any atom is 0.243 e. The first-order valence-electron chi connectivity index (χ1n) is 10.4. The molecule has 0 aromatic heterocycles. The largest absolute Gasteiger partial charge is 0.507 e. The number of ketones is 1. The van der Waals surface area contributed by atoms with Gasteiger partial charge in [-0.2, -0.15) is 0 Å². The number of hydrogen-bond acceptors (Lipinski definition) is 6. The van der Waals surface area contributed by atoms with Crippen LogP contribution in [0.2, 0.25) is 0 Å². The van der Waals surface area contributed by atoms with Gasteiger partial charge in [-0.1, -0.05) is 20.1 Å². The average molecular weight is 433 g/mol. The van der Waals surface area contributed by atoms with Gasteiger partial charge >= 0.3 is 0 Å². The van der Waals surface area contributed by atoms with Gasteiger partial charge in [-0.3, -0.25) is 14.4 Å². The number of rotatable bonds is 16. The van der Waals surface area contributed by atoms with Gasteiger partial charge in [-0.25, -0.2) is 0 Å². The van der Waals surface area contributed by atoms with E-state index < -0.39 is 0 Å². The number of phenolic OH excluding ortho intramolecular Hbond substituents is 1. The second-order valence-electron chi connectivity index (χ2n) is 6.69. The molecule has 2 amide bonds. The summed E-state index contributed by atoms with van der Waals surface area (Å²) in [5.74, 6) is -0.184. The van der Waals surface area contributed by atoms with Gasteiger partial charge in [-0.15, -0.1) is 0 Å². The minimum atomic E-state index is -0.227. The van der Waals surface area contributed by atoms with Crippen LogP contribution in [-0.2, 0) is 9.59 Å². The summed E-state index contributed by atoms with van der Waals surface area (Å²) in [6, 6.07) is 3.00. The third-order valence-electron chi connectivity index (χ3n) is 4.29. The maximum atomic E-state index is 12.2. The number of unbranched alkanes of at least 4 members (excludes halogenated alkanes) is 2. The van der Waals surface area contributed by atoms with Crippen molar-refractivity contribution in [3.8, 4) is 17.2 Å². The highest BCUT2D eigenvalue weighted by molar-refractivity contribution is 6.01. The Bertz CT molecular complexity index is 776. The number of nitrogens with one attached hydrogen (secondary N) is 2. The lowest BCUT2D eigenvalue weighted by Crippen LogP contribution is -2.22. The summed E-state index contributed by atoms with van der Waals surface area (Å²) in [5.41, 5.74) is 0.141. The van der Waals surface area contributed by atoms with E-state index in [1.165, 1.54) is 18.2 Å². The summed E-state index contributed by atoms with van der Waals surface area (Å²) in [4.78, 5) is 34.5. The minimum Gasteiger partial charge on any atom is -0.507 e. The lowest BCUT2D eigenvalue weighted by atomic mass is 10.1. The molecule has 0 saturated carbocycles.